The first-order valence-electron chi connectivity index (χ1n) is 9.41. The van der Waals surface area contributed by atoms with Crippen LogP contribution >= 0.6 is 0 Å². The van der Waals surface area contributed by atoms with Crippen molar-refractivity contribution in [3.8, 4) is 0 Å². The van der Waals surface area contributed by atoms with Gasteiger partial charge in [0.15, 0.2) is 0 Å². The Morgan fingerprint density at radius 2 is 1.83 bits per heavy atom. The van der Waals surface area contributed by atoms with Crippen molar-refractivity contribution >= 4 is 27.6 Å². The lowest BCUT2D eigenvalue weighted by Crippen LogP contribution is -2.56. The molecule has 3 N–H and O–H groups in total. The predicted octanol–water partition coefficient (Wildman–Crippen LogP) is 3.50. The molecule has 0 saturated heterocycles. The van der Waals surface area contributed by atoms with Gasteiger partial charge < -0.3 is 20.7 Å². The van der Waals surface area contributed by atoms with E-state index in [1.807, 2.05) is 0 Å². The van der Waals surface area contributed by atoms with E-state index < -0.39 is 43.8 Å². The van der Waals surface area contributed by atoms with Crippen molar-refractivity contribution in [1.29, 1.82) is 0 Å². The molecule has 8 nitrogen and oxygen atoms in total. The van der Waals surface area contributed by atoms with Gasteiger partial charge >= 0.3 is 17.9 Å². The molecule has 1 aromatic rings. The number of hydrogen-bond donors (Lipinski definition) is 3. The molecule has 1 aliphatic carbocycles. The van der Waals surface area contributed by atoms with Crippen molar-refractivity contribution in [3.05, 3.63) is 24.3 Å². The Hall–Kier alpha value is -2.43. The molecule has 30 heavy (non-hydrogen) atoms. The first-order chi connectivity index (χ1) is 13.7. The fourth-order valence-corrected chi connectivity index (χ4v) is 3.62. The zero-order chi connectivity index (χ0) is 22.7. The number of carbonyl (C=O) groups is 2. The summed E-state index contributed by atoms with van der Waals surface area (Å²) in [6.07, 6.45) is 1.13. The summed E-state index contributed by atoms with van der Waals surface area (Å²) >= 11 is 0. The number of hydrogen-bond acceptors (Lipinski definition) is 5. The third kappa shape index (κ3) is 6.54. The lowest BCUT2D eigenvalue weighted by molar-refractivity contribution is 0.0509. The summed E-state index contributed by atoms with van der Waals surface area (Å²) in [6.45, 7) is 7.11. The summed E-state index contributed by atoms with van der Waals surface area (Å²) in [5.41, 5.74) is -1.38. The summed E-state index contributed by atoms with van der Waals surface area (Å²) in [5, 5.41) is 7.88. The fraction of sp³-hybridized carbons (Fsp3) is 0.579. The number of amides is 3. The van der Waals surface area contributed by atoms with E-state index in [4.69, 9.17) is 4.74 Å². The van der Waals surface area contributed by atoms with E-state index in [0.717, 1.165) is 25.0 Å². The van der Waals surface area contributed by atoms with Gasteiger partial charge in [0.05, 0.1) is 10.4 Å². The van der Waals surface area contributed by atoms with E-state index in [1.54, 1.807) is 27.7 Å². The van der Waals surface area contributed by atoms with E-state index >= 15 is 0 Å². The van der Waals surface area contributed by atoms with Gasteiger partial charge in [0.1, 0.15) is 5.60 Å². The van der Waals surface area contributed by atoms with Crippen molar-refractivity contribution in [1.82, 2.24) is 10.6 Å². The predicted molar refractivity (Wildman–Crippen MR) is 107 cm³/mol. The maximum atomic E-state index is 12.7. The van der Waals surface area contributed by atoms with Crippen LogP contribution in [0.2, 0.25) is 0 Å². The molecule has 0 radical (unpaired) electrons. The summed E-state index contributed by atoms with van der Waals surface area (Å²) in [5.74, 6) is -3.41. The average Bonchev–Trinajstić information content (AvgIpc) is 3.44. The van der Waals surface area contributed by atoms with Crippen LogP contribution in [0.4, 0.5) is 24.1 Å². The van der Waals surface area contributed by atoms with Gasteiger partial charge in [-0.15, -0.1) is 0 Å². The number of nitrogens with one attached hydrogen (secondary N) is 3. The van der Waals surface area contributed by atoms with Crippen molar-refractivity contribution in [2.24, 2.45) is 5.92 Å². The molecule has 168 valence electrons. The molecular formula is C19H27F2N3O5S. The summed E-state index contributed by atoms with van der Waals surface area (Å²) in [4.78, 5) is 23.8. The number of anilines is 1. The number of carbonyl (C=O) groups excluding carboxylic acids is 2. The Morgan fingerprint density at radius 3 is 2.37 bits per heavy atom. The van der Waals surface area contributed by atoms with Gasteiger partial charge in [-0.05, 0) is 64.7 Å². The molecule has 1 aliphatic rings. The number of benzene rings is 1. The van der Waals surface area contributed by atoms with Crippen LogP contribution in [-0.4, -0.2) is 44.0 Å². The number of rotatable bonds is 7. The molecule has 3 amide bonds. The summed E-state index contributed by atoms with van der Waals surface area (Å²) in [6, 6.07) is 3.99. The molecule has 1 aromatic carbocycles. The summed E-state index contributed by atoms with van der Waals surface area (Å²) < 4.78 is 53.9. The maximum absolute atomic E-state index is 12.7. The number of urea groups is 1. The molecule has 2 rings (SSSR count). The largest absolute Gasteiger partial charge is 0.444 e. The monoisotopic (exact) mass is 447 g/mol. The standard InChI is InChI=1S/C19H27F2N3O5S/c1-18(2,3)29-17(26)22-11-19(4,12-8-9-12)24-16(25)23-13-6-5-7-14(10-13)30(27,28)15(20)21/h5-7,10,12,15H,8-9,11H2,1-4H3,(H,22,26)(H2,23,24,25)/t19-/m0/s1. The molecule has 0 heterocycles. The molecule has 0 spiro atoms. The van der Waals surface area contributed by atoms with Gasteiger partial charge in [0.25, 0.3) is 0 Å². The third-order valence-electron chi connectivity index (χ3n) is 4.53. The van der Waals surface area contributed by atoms with Crippen LogP contribution in [0.15, 0.2) is 29.2 Å². The third-order valence-corrected chi connectivity index (χ3v) is 5.91. The minimum atomic E-state index is -4.77. The quantitative estimate of drug-likeness (QED) is 0.592. The van der Waals surface area contributed by atoms with Gasteiger partial charge in [-0.2, -0.15) is 8.78 Å². The van der Waals surface area contributed by atoms with Crippen LogP contribution in [0, 0.1) is 5.92 Å². The minimum absolute atomic E-state index is 0.0486. The van der Waals surface area contributed by atoms with E-state index in [0.29, 0.717) is 0 Å². The molecule has 1 atom stereocenters. The molecule has 11 heteroatoms. The highest BCUT2D eigenvalue weighted by Crippen LogP contribution is 2.39. The van der Waals surface area contributed by atoms with Crippen molar-refractivity contribution in [2.45, 2.75) is 62.3 Å². The Balaban J connectivity index is 2.03. The highest BCUT2D eigenvalue weighted by Gasteiger charge is 2.43. The summed E-state index contributed by atoms with van der Waals surface area (Å²) in [7, 11) is -4.77. The van der Waals surface area contributed by atoms with Gasteiger partial charge in [-0.3, -0.25) is 0 Å². The van der Waals surface area contributed by atoms with E-state index in [1.165, 1.54) is 12.1 Å². The van der Waals surface area contributed by atoms with Crippen molar-refractivity contribution < 1.29 is 31.5 Å². The highest BCUT2D eigenvalue weighted by atomic mass is 32.2. The zero-order valence-electron chi connectivity index (χ0n) is 17.3. The Labute approximate surface area is 174 Å². The first-order valence-corrected chi connectivity index (χ1v) is 11.0. The van der Waals surface area contributed by atoms with Gasteiger partial charge in [-0.1, -0.05) is 6.07 Å². The number of alkyl halides is 2. The van der Waals surface area contributed by atoms with E-state index in [9.17, 15) is 26.8 Å². The van der Waals surface area contributed by atoms with Gasteiger partial charge in [0, 0.05) is 12.2 Å². The van der Waals surface area contributed by atoms with E-state index in [2.05, 4.69) is 16.0 Å². The fourth-order valence-electron chi connectivity index (χ4n) is 2.86. The van der Waals surface area contributed by atoms with Crippen molar-refractivity contribution in [2.75, 3.05) is 11.9 Å². The second kappa shape index (κ2) is 8.75. The minimum Gasteiger partial charge on any atom is -0.444 e. The highest BCUT2D eigenvalue weighted by molar-refractivity contribution is 7.91. The van der Waals surface area contributed by atoms with Crippen molar-refractivity contribution in [3.63, 3.8) is 0 Å². The lowest BCUT2D eigenvalue weighted by Gasteiger charge is -2.32. The van der Waals surface area contributed by atoms with Crippen LogP contribution in [0.5, 0.6) is 0 Å². The van der Waals surface area contributed by atoms with Gasteiger partial charge in [-0.25, -0.2) is 18.0 Å². The topological polar surface area (TPSA) is 114 Å². The molecular weight excluding hydrogens is 420 g/mol. The smallest absolute Gasteiger partial charge is 0.407 e. The van der Waals surface area contributed by atoms with Gasteiger partial charge in [0.2, 0.25) is 9.84 Å². The molecule has 0 unspecified atom stereocenters. The van der Waals surface area contributed by atoms with Crippen LogP contribution in [0.1, 0.15) is 40.5 Å². The van der Waals surface area contributed by atoms with Crippen LogP contribution in [0.25, 0.3) is 0 Å². The molecule has 0 aliphatic heterocycles. The number of halogens is 2. The number of sulfone groups is 1. The maximum Gasteiger partial charge on any atom is 0.407 e. The molecule has 0 aromatic heterocycles. The second-order valence-electron chi connectivity index (χ2n) is 8.46. The van der Waals surface area contributed by atoms with E-state index in [-0.39, 0.29) is 18.2 Å². The first kappa shape index (κ1) is 23.8. The average molecular weight is 448 g/mol. The van der Waals surface area contributed by atoms with Crippen LogP contribution < -0.4 is 16.0 Å². The zero-order valence-corrected chi connectivity index (χ0v) is 18.1. The molecule has 1 fully saturated rings. The Morgan fingerprint density at radius 1 is 1.20 bits per heavy atom. The number of alkyl carbamates (subject to hydrolysis) is 1. The van der Waals surface area contributed by atoms with Crippen LogP contribution in [0.3, 0.4) is 0 Å². The lowest BCUT2D eigenvalue weighted by atomic mass is 9.96. The Bertz CT molecular complexity index is 898. The normalized spacial score (nSPS) is 16.5. The molecule has 1 saturated carbocycles. The Kier molecular flexibility index (Phi) is 6.95. The number of ether oxygens (including phenoxy) is 1. The second-order valence-corrected chi connectivity index (χ2v) is 10.4. The SMILES string of the molecule is CC(C)(C)OC(=O)NC[C@](C)(NC(=O)Nc1cccc(S(=O)(=O)C(F)F)c1)C1CC1. The molecule has 0 bridgehead atoms. The van der Waals surface area contributed by atoms with Crippen LogP contribution in [-0.2, 0) is 14.6 Å².